The molecule has 0 rings (SSSR count). The van der Waals surface area contributed by atoms with Crippen molar-refractivity contribution in [2.24, 2.45) is 0 Å². The third-order valence-electron chi connectivity index (χ3n) is 7.25. The van der Waals surface area contributed by atoms with Crippen molar-refractivity contribution in [3.63, 3.8) is 0 Å². The van der Waals surface area contributed by atoms with E-state index in [2.05, 4.69) is 62.5 Å². The van der Waals surface area contributed by atoms with Gasteiger partial charge < -0.3 is 0 Å². The lowest BCUT2D eigenvalue weighted by atomic mass is 10.0. The molecule has 220 valence electrons. The van der Waals surface area contributed by atoms with Gasteiger partial charge in [0.2, 0.25) is 0 Å². The molecule has 0 aromatic rings. The summed E-state index contributed by atoms with van der Waals surface area (Å²) in [5.41, 5.74) is 0. The van der Waals surface area contributed by atoms with E-state index in [1.54, 1.807) is 0 Å². The Labute approximate surface area is 239 Å². The van der Waals surface area contributed by atoms with Gasteiger partial charge in [0.25, 0.3) is 0 Å². The SMILES string of the molecule is CCCCC/C=C\CCCC/C=C\CCCCCC(=O)CCCCC/C=C\CCCC/C=C\CCCCC. The number of Topliss-reactive ketones (excluding diaryl/α,β-unsaturated/α-hetero) is 1. The zero-order chi connectivity index (χ0) is 27.6. The Kier molecular flexibility index (Phi) is 32.4. The van der Waals surface area contributed by atoms with E-state index >= 15 is 0 Å². The highest BCUT2D eigenvalue weighted by atomic mass is 16.1. The molecule has 0 aliphatic heterocycles. The van der Waals surface area contributed by atoms with Crippen molar-refractivity contribution < 1.29 is 4.79 Å². The molecule has 0 amide bonds. The van der Waals surface area contributed by atoms with Crippen LogP contribution >= 0.6 is 0 Å². The molecule has 1 nitrogen and oxygen atoms in total. The molecular formula is C37H66O. The molecule has 0 bridgehead atoms. The minimum Gasteiger partial charge on any atom is -0.300 e. The van der Waals surface area contributed by atoms with E-state index in [9.17, 15) is 4.79 Å². The van der Waals surface area contributed by atoms with Crippen molar-refractivity contribution in [3.05, 3.63) is 48.6 Å². The molecule has 0 N–H and O–H groups in total. The topological polar surface area (TPSA) is 17.1 Å². The number of carbonyl (C=O) groups is 1. The minimum absolute atomic E-state index is 0.481. The van der Waals surface area contributed by atoms with Gasteiger partial charge in [0.1, 0.15) is 5.78 Å². The molecule has 38 heavy (non-hydrogen) atoms. The summed E-state index contributed by atoms with van der Waals surface area (Å²) in [6.45, 7) is 4.53. The van der Waals surface area contributed by atoms with Crippen LogP contribution in [0.15, 0.2) is 48.6 Å². The molecule has 0 aromatic heterocycles. The first-order valence-electron chi connectivity index (χ1n) is 16.9. The number of rotatable bonds is 30. The summed E-state index contributed by atoms with van der Waals surface area (Å²) in [6.07, 6.45) is 50.6. The quantitative estimate of drug-likeness (QED) is 0.0671. The van der Waals surface area contributed by atoms with Gasteiger partial charge in [-0.25, -0.2) is 0 Å². The molecule has 1 heteroatoms. The monoisotopic (exact) mass is 527 g/mol. The van der Waals surface area contributed by atoms with Crippen molar-refractivity contribution in [2.75, 3.05) is 0 Å². The highest BCUT2D eigenvalue weighted by Crippen LogP contribution is 2.11. The van der Waals surface area contributed by atoms with Gasteiger partial charge in [-0.05, 0) is 116 Å². The molecular weight excluding hydrogens is 460 g/mol. The molecule has 0 aliphatic carbocycles. The van der Waals surface area contributed by atoms with E-state index in [0.717, 1.165) is 25.7 Å². The second-order valence-electron chi connectivity index (χ2n) is 11.2. The van der Waals surface area contributed by atoms with Gasteiger partial charge in [0, 0.05) is 12.8 Å². The Hall–Kier alpha value is -1.37. The minimum atomic E-state index is 0.481. The summed E-state index contributed by atoms with van der Waals surface area (Å²) in [4.78, 5) is 12.1. The van der Waals surface area contributed by atoms with Crippen LogP contribution in [-0.4, -0.2) is 5.78 Å². The van der Waals surface area contributed by atoms with Crippen LogP contribution in [0.1, 0.15) is 181 Å². The maximum absolute atomic E-state index is 12.1. The second kappa shape index (κ2) is 33.7. The normalized spacial score (nSPS) is 12.3. The highest BCUT2D eigenvalue weighted by Gasteiger charge is 2.01. The summed E-state index contributed by atoms with van der Waals surface area (Å²) >= 11 is 0. The van der Waals surface area contributed by atoms with Crippen molar-refractivity contribution >= 4 is 5.78 Å². The third kappa shape index (κ3) is 32.7. The summed E-state index contributed by atoms with van der Waals surface area (Å²) in [6, 6.07) is 0. The summed E-state index contributed by atoms with van der Waals surface area (Å²) < 4.78 is 0. The fourth-order valence-electron chi connectivity index (χ4n) is 4.66. The Balaban J connectivity index is 3.32. The summed E-state index contributed by atoms with van der Waals surface area (Å²) in [5, 5.41) is 0. The smallest absolute Gasteiger partial charge is 0.132 e. The van der Waals surface area contributed by atoms with Crippen molar-refractivity contribution in [3.8, 4) is 0 Å². The van der Waals surface area contributed by atoms with Crippen LogP contribution in [0, 0.1) is 0 Å². The number of hydrogen-bond acceptors (Lipinski definition) is 1. The first-order chi connectivity index (χ1) is 18.8. The van der Waals surface area contributed by atoms with E-state index in [1.165, 1.54) is 141 Å². The predicted molar refractivity (Wildman–Crippen MR) is 173 cm³/mol. The van der Waals surface area contributed by atoms with Crippen LogP contribution < -0.4 is 0 Å². The van der Waals surface area contributed by atoms with Crippen LogP contribution in [0.2, 0.25) is 0 Å². The van der Waals surface area contributed by atoms with E-state index in [4.69, 9.17) is 0 Å². The van der Waals surface area contributed by atoms with Gasteiger partial charge in [-0.1, -0.05) is 101 Å². The molecule has 0 heterocycles. The molecule has 0 aromatic carbocycles. The Bertz CT molecular complexity index is 530. The fraction of sp³-hybridized carbons (Fsp3) is 0.757. The predicted octanol–water partition coefficient (Wildman–Crippen LogP) is 13.0. The average Bonchev–Trinajstić information content (AvgIpc) is 2.92. The Morgan fingerprint density at radius 3 is 0.842 bits per heavy atom. The largest absolute Gasteiger partial charge is 0.300 e. The Morgan fingerprint density at radius 1 is 0.342 bits per heavy atom. The van der Waals surface area contributed by atoms with Gasteiger partial charge in [-0.2, -0.15) is 0 Å². The lowest BCUT2D eigenvalue weighted by Gasteiger charge is -2.01. The number of allylic oxidation sites excluding steroid dienone is 8. The van der Waals surface area contributed by atoms with Crippen LogP contribution in [-0.2, 0) is 4.79 Å². The molecule has 0 saturated carbocycles. The Morgan fingerprint density at radius 2 is 0.579 bits per heavy atom. The maximum Gasteiger partial charge on any atom is 0.132 e. The molecule has 0 aliphatic rings. The summed E-state index contributed by atoms with van der Waals surface area (Å²) in [5.74, 6) is 0.481. The number of carbonyl (C=O) groups excluding carboxylic acids is 1. The molecule has 0 saturated heterocycles. The van der Waals surface area contributed by atoms with E-state index in [1.807, 2.05) is 0 Å². The molecule has 0 fully saturated rings. The maximum atomic E-state index is 12.1. The second-order valence-corrected chi connectivity index (χ2v) is 11.2. The van der Waals surface area contributed by atoms with Gasteiger partial charge in [0.05, 0.1) is 0 Å². The zero-order valence-electron chi connectivity index (χ0n) is 25.9. The summed E-state index contributed by atoms with van der Waals surface area (Å²) in [7, 11) is 0. The lowest BCUT2D eigenvalue weighted by Crippen LogP contribution is -1.97. The highest BCUT2D eigenvalue weighted by molar-refractivity contribution is 5.78. The van der Waals surface area contributed by atoms with Crippen molar-refractivity contribution in [1.82, 2.24) is 0 Å². The zero-order valence-corrected chi connectivity index (χ0v) is 25.9. The van der Waals surface area contributed by atoms with Crippen LogP contribution in [0.3, 0.4) is 0 Å². The van der Waals surface area contributed by atoms with E-state index in [-0.39, 0.29) is 0 Å². The lowest BCUT2D eigenvalue weighted by molar-refractivity contribution is -0.119. The van der Waals surface area contributed by atoms with Crippen molar-refractivity contribution in [1.29, 1.82) is 0 Å². The molecule has 0 radical (unpaired) electrons. The van der Waals surface area contributed by atoms with Crippen LogP contribution in [0.5, 0.6) is 0 Å². The van der Waals surface area contributed by atoms with Crippen LogP contribution in [0.4, 0.5) is 0 Å². The standard InChI is InChI=1S/C37H66O/c1-3-5-7-9-11-13-15-17-19-21-23-25-27-29-31-33-35-37(38)36-34-32-30-28-26-24-22-20-18-16-14-12-10-8-6-4-2/h11-14,23-26H,3-10,15-22,27-36H2,1-2H3/b13-11-,14-12-,25-23-,26-24-. The first kappa shape index (κ1) is 36.6. The number of unbranched alkanes of at least 4 members (excludes halogenated alkanes) is 18. The van der Waals surface area contributed by atoms with E-state index < -0.39 is 0 Å². The molecule has 0 unspecified atom stereocenters. The van der Waals surface area contributed by atoms with Crippen molar-refractivity contribution in [2.45, 2.75) is 181 Å². The number of ketones is 1. The van der Waals surface area contributed by atoms with Gasteiger partial charge in [-0.3, -0.25) is 4.79 Å². The third-order valence-corrected chi connectivity index (χ3v) is 7.25. The van der Waals surface area contributed by atoms with Gasteiger partial charge in [0.15, 0.2) is 0 Å². The fourth-order valence-corrected chi connectivity index (χ4v) is 4.66. The molecule has 0 spiro atoms. The van der Waals surface area contributed by atoms with Gasteiger partial charge >= 0.3 is 0 Å². The average molecular weight is 527 g/mol. The first-order valence-corrected chi connectivity index (χ1v) is 16.9. The van der Waals surface area contributed by atoms with E-state index in [0.29, 0.717) is 5.78 Å². The van der Waals surface area contributed by atoms with Gasteiger partial charge in [-0.15, -0.1) is 0 Å². The number of hydrogen-bond donors (Lipinski definition) is 0. The molecule has 0 atom stereocenters. The van der Waals surface area contributed by atoms with Crippen LogP contribution in [0.25, 0.3) is 0 Å².